The topological polar surface area (TPSA) is 170 Å². The molecule has 3 aliphatic rings. The number of hydrogen-bond acceptors (Lipinski definition) is 10. The Morgan fingerprint density at radius 3 is 2.13 bits per heavy atom. The van der Waals surface area contributed by atoms with Crippen molar-refractivity contribution >= 4 is 43.3 Å². The number of carboxylic acid groups (broad SMARTS) is 1. The average Bonchev–Trinajstić information content (AvgIpc) is 3.52. The van der Waals surface area contributed by atoms with Gasteiger partial charge >= 0.3 is 59.1 Å². The van der Waals surface area contributed by atoms with Gasteiger partial charge in [-0.05, 0) is 124 Å². The summed E-state index contributed by atoms with van der Waals surface area (Å²) >= 11 is 0. The van der Waals surface area contributed by atoms with Gasteiger partial charge in [0, 0.05) is 59.2 Å². The van der Waals surface area contributed by atoms with E-state index in [1.54, 1.807) is 0 Å². The Balaban J connectivity index is 0.00000410. The Hall–Kier alpha value is -2.82. The van der Waals surface area contributed by atoms with E-state index < -0.39 is 37.4 Å². The summed E-state index contributed by atoms with van der Waals surface area (Å²) in [5, 5.41) is 11.0. The van der Waals surface area contributed by atoms with Crippen molar-refractivity contribution in [3.8, 4) is 5.75 Å². The van der Waals surface area contributed by atoms with Gasteiger partial charge < -0.3 is 28.6 Å². The molecule has 3 aromatic rings. The van der Waals surface area contributed by atoms with Crippen molar-refractivity contribution in [3.05, 3.63) is 131 Å². The van der Waals surface area contributed by atoms with Crippen molar-refractivity contribution in [2.45, 2.75) is 101 Å². The zero-order valence-corrected chi connectivity index (χ0v) is 41.7. The molecule has 61 heavy (non-hydrogen) atoms. The van der Waals surface area contributed by atoms with Gasteiger partial charge in [0.2, 0.25) is 5.69 Å². The monoisotopic (exact) mass is 886 g/mol. The first kappa shape index (κ1) is 50.8. The normalized spacial score (nSPS) is 18.3. The fourth-order valence-corrected chi connectivity index (χ4v) is 9.56. The number of carboxylic acids is 1. The van der Waals surface area contributed by atoms with Crippen molar-refractivity contribution in [1.82, 2.24) is 0 Å². The third-order valence-electron chi connectivity index (χ3n) is 11.6. The van der Waals surface area contributed by atoms with Crippen LogP contribution < -0.4 is 73.9 Å². The quantitative estimate of drug-likeness (QED) is 0.0834. The van der Waals surface area contributed by atoms with E-state index in [1.165, 1.54) is 29.8 Å². The number of carbonyl (C=O) groups excluding carboxylic acids is 1. The number of nitrogens with zero attached hydrogens (tertiary/aromatic N) is 2. The zero-order chi connectivity index (χ0) is 42.6. The second-order valence-corrected chi connectivity index (χ2v) is 19.3. The molecule has 0 spiro atoms. The number of ether oxygens (including phenoxy) is 1. The number of anilines is 1. The third kappa shape index (κ3) is 12.3. The van der Waals surface area contributed by atoms with Gasteiger partial charge in [-0.1, -0.05) is 56.3 Å². The predicted octanol–water partition coefficient (Wildman–Crippen LogP) is 1.29. The molecule has 0 saturated heterocycles. The van der Waals surface area contributed by atoms with E-state index in [1.807, 2.05) is 24.3 Å². The Kier molecular flexibility index (Phi) is 17.7. The van der Waals surface area contributed by atoms with Crippen molar-refractivity contribution in [3.63, 3.8) is 0 Å². The van der Waals surface area contributed by atoms with Crippen molar-refractivity contribution in [2.24, 2.45) is 0 Å². The van der Waals surface area contributed by atoms with Gasteiger partial charge in [0.1, 0.15) is 28.2 Å². The molecular weight excluding hydrogens is 835 g/mol. The summed E-state index contributed by atoms with van der Waals surface area (Å²) in [6.45, 7) is 9.94. The minimum absolute atomic E-state index is 0. The first-order chi connectivity index (χ1) is 27.9. The molecule has 0 aromatic heterocycles. The first-order valence-electron chi connectivity index (χ1n) is 20.2. The van der Waals surface area contributed by atoms with Gasteiger partial charge in [-0.15, -0.1) is 0 Å². The molecule has 1 aliphatic carbocycles. The van der Waals surface area contributed by atoms with Crippen LogP contribution in [0.3, 0.4) is 0 Å². The Morgan fingerprint density at radius 2 is 1.46 bits per heavy atom. The van der Waals surface area contributed by atoms with E-state index in [9.17, 15) is 35.8 Å². The van der Waals surface area contributed by atoms with Crippen LogP contribution in [0.15, 0.2) is 125 Å². The molecule has 0 amide bonds. The maximum Gasteiger partial charge on any atom is 1.00 e. The van der Waals surface area contributed by atoms with Gasteiger partial charge in [-0.3, -0.25) is 0 Å². The van der Waals surface area contributed by atoms with Gasteiger partial charge in [-0.2, -0.15) is 4.58 Å². The molecule has 15 heteroatoms. The van der Waals surface area contributed by atoms with Crippen LogP contribution in [-0.4, -0.2) is 61.0 Å². The third-order valence-corrected chi connectivity index (χ3v) is 13.2. The average molecular weight is 887 g/mol. The number of fused-ring (bicyclic) bond motifs is 2. The van der Waals surface area contributed by atoms with E-state index in [4.69, 9.17) is 4.74 Å². The van der Waals surface area contributed by atoms with Crippen molar-refractivity contribution < 1.29 is 104 Å². The van der Waals surface area contributed by atoms with Crippen LogP contribution in [0.4, 0.5) is 11.4 Å². The summed E-state index contributed by atoms with van der Waals surface area (Å²) < 4.78 is 78.2. The summed E-state index contributed by atoms with van der Waals surface area (Å²) in [6, 6.07) is 21.9. The number of hydrogen-bond donors (Lipinski definition) is 0. The largest absolute Gasteiger partial charge is 1.00 e. The molecule has 6 rings (SSSR count). The van der Waals surface area contributed by atoms with Crippen LogP contribution in [0.1, 0.15) is 96.6 Å². The number of para-hydroxylation sites is 2. The van der Waals surface area contributed by atoms with Crippen LogP contribution in [0.25, 0.3) is 0 Å². The Bertz CT molecular complexity index is 2470. The summed E-state index contributed by atoms with van der Waals surface area (Å²) in [5.74, 6) is -0.445. The summed E-state index contributed by atoms with van der Waals surface area (Å²) in [6.07, 6.45) is 13.6. The zero-order valence-electron chi connectivity index (χ0n) is 36.1. The molecule has 11 nitrogen and oxygen atoms in total. The standard InChI is InChI=1S/C46H54N2O9S2.2Na/c1-45(2)37-17-7-9-19-39(37)47(30-11-5-6-21-43(49)50)41(45)28-22-33-15-14-16-34(44(33)57-35-24-26-36(27-25-35)59(54,55)56)23-29-42-46(3,4)38-18-8-10-20-40(38)48(42)31-12-13-32-58(51,52)53;;/h7-10,17-20,22-29H,5-6,11-16,21,30-32H2,1-4H3,(H2-,49,50,51,52,53,54,55,56);;/q;2*+1/p-2. The molecule has 3 aromatic carbocycles. The molecular formula is C46H52N2Na2O9S2. The number of allylic oxidation sites excluding steroid dienone is 7. The number of rotatable bonds is 17. The van der Waals surface area contributed by atoms with Crippen LogP contribution >= 0.6 is 0 Å². The second-order valence-electron chi connectivity index (χ2n) is 16.4. The van der Waals surface area contributed by atoms with Gasteiger partial charge in [0.25, 0.3) is 0 Å². The van der Waals surface area contributed by atoms with E-state index in [2.05, 4.69) is 85.7 Å². The number of aliphatic carboxylic acids is 1. The van der Waals surface area contributed by atoms with Crippen molar-refractivity contribution in [2.75, 3.05) is 23.7 Å². The number of benzene rings is 3. The maximum atomic E-state index is 11.7. The van der Waals surface area contributed by atoms with Crippen LogP contribution in [-0.2, 0) is 35.9 Å². The molecule has 0 saturated carbocycles. The molecule has 2 aliphatic heterocycles. The van der Waals surface area contributed by atoms with Crippen LogP contribution in [0.2, 0.25) is 0 Å². The first-order valence-corrected chi connectivity index (χ1v) is 23.2. The van der Waals surface area contributed by atoms with Gasteiger partial charge in [-0.25, -0.2) is 16.8 Å². The molecule has 0 N–H and O–H groups in total. The maximum absolute atomic E-state index is 11.7. The van der Waals surface area contributed by atoms with E-state index in [0.29, 0.717) is 50.3 Å². The molecule has 0 unspecified atom stereocenters. The van der Waals surface area contributed by atoms with E-state index in [0.717, 1.165) is 58.8 Å². The molecule has 0 atom stereocenters. The van der Waals surface area contributed by atoms with E-state index >= 15 is 0 Å². The predicted molar refractivity (Wildman–Crippen MR) is 225 cm³/mol. The fraction of sp³-hybridized carbons (Fsp3) is 0.391. The molecule has 0 radical (unpaired) electrons. The number of unbranched alkanes of at least 4 members (excludes halogenated alkanes) is 3. The fourth-order valence-electron chi connectivity index (χ4n) is 8.53. The molecule has 2 heterocycles. The summed E-state index contributed by atoms with van der Waals surface area (Å²) in [4.78, 5) is 12.9. The molecule has 0 fully saturated rings. The molecule has 0 bridgehead atoms. The van der Waals surface area contributed by atoms with Crippen molar-refractivity contribution in [1.29, 1.82) is 0 Å². The van der Waals surface area contributed by atoms with Crippen LogP contribution in [0, 0.1) is 0 Å². The second kappa shape index (κ2) is 21.2. The molecule has 314 valence electrons. The van der Waals surface area contributed by atoms with E-state index in [-0.39, 0.29) is 82.3 Å². The number of carbonyl (C=O) groups is 1. The van der Waals surface area contributed by atoms with Crippen LogP contribution in [0.5, 0.6) is 5.75 Å². The minimum atomic E-state index is -4.65. The minimum Gasteiger partial charge on any atom is -0.748 e. The summed E-state index contributed by atoms with van der Waals surface area (Å²) in [7, 11) is -8.97. The van der Waals surface area contributed by atoms with Gasteiger partial charge in [0.05, 0.1) is 20.4 Å². The summed E-state index contributed by atoms with van der Waals surface area (Å²) in [5.41, 5.74) is 7.73. The SMILES string of the molecule is CC1(C)C(/C=C/C2=C(Oc3ccc(S(=O)(=O)[O-])cc3)C(=C/C=C3/N(CCCCS(=O)(=O)[O-])c4ccccc4C3(C)C)/CCC2)=[N+](CCCCCC(=O)[O-])c2ccccc21.[Na+].[Na+]. The Labute approximate surface area is 405 Å². The Morgan fingerprint density at radius 1 is 0.787 bits per heavy atom. The van der Waals surface area contributed by atoms with Gasteiger partial charge in [0.15, 0.2) is 5.71 Å². The smallest absolute Gasteiger partial charge is 0.748 e.